The van der Waals surface area contributed by atoms with Gasteiger partial charge in [-0.15, -0.1) is 11.3 Å². The van der Waals surface area contributed by atoms with Gasteiger partial charge in [0.2, 0.25) is 5.95 Å². The number of nitrogens with one attached hydrogen (secondary N) is 2. The number of rotatable bonds is 6. The number of aryl methyl sites for hydroxylation is 2. The molecule has 10 heteroatoms. The number of nitrogens with zero attached hydrogens (tertiary/aromatic N) is 4. The molecule has 33 heavy (non-hydrogen) atoms. The molecule has 0 unspecified atom stereocenters. The quantitative estimate of drug-likeness (QED) is 0.367. The van der Waals surface area contributed by atoms with E-state index in [-0.39, 0.29) is 12.0 Å². The van der Waals surface area contributed by atoms with Gasteiger partial charge in [-0.25, -0.2) is 9.97 Å². The van der Waals surface area contributed by atoms with E-state index in [1.807, 2.05) is 19.9 Å². The standard InChI is InChI=1S/C23H32N6O3S/c1-11-16(21-28-17-12(2)24-7-6-15(17)33-21)20(29-22(26-11)25-10-23(3,4)5)27-14-8-13(9-30)18(31)19(14)32/h6-7,13-14,18-19,30-32H,8-10H2,1-5H3,(H2,25,26,27,29)/t13-,14-,18-,19+/m1/s1. The zero-order valence-electron chi connectivity index (χ0n) is 19.6. The summed E-state index contributed by atoms with van der Waals surface area (Å²) in [6.07, 6.45) is 0.189. The highest BCUT2D eigenvalue weighted by Gasteiger charge is 2.41. The summed E-state index contributed by atoms with van der Waals surface area (Å²) in [5, 5.41) is 37.8. The van der Waals surface area contributed by atoms with Crippen LogP contribution in [0.4, 0.5) is 11.8 Å². The molecule has 1 fully saturated rings. The molecule has 0 bridgehead atoms. The maximum Gasteiger partial charge on any atom is 0.224 e. The highest BCUT2D eigenvalue weighted by molar-refractivity contribution is 7.21. The van der Waals surface area contributed by atoms with Crippen molar-refractivity contribution >= 4 is 33.3 Å². The summed E-state index contributed by atoms with van der Waals surface area (Å²) in [7, 11) is 0. The second-order valence-corrected chi connectivity index (χ2v) is 11.0. The minimum atomic E-state index is -1.02. The monoisotopic (exact) mass is 472 g/mol. The second kappa shape index (κ2) is 9.09. The van der Waals surface area contributed by atoms with E-state index in [1.54, 1.807) is 6.20 Å². The molecule has 1 saturated carbocycles. The van der Waals surface area contributed by atoms with Crippen LogP contribution in [0.2, 0.25) is 0 Å². The van der Waals surface area contributed by atoms with Crippen molar-refractivity contribution in [3.63, 3.8) is 0 Å². The van der Waals surface area contributed by atoms with E-state index in [0.29, 0.717) is 24.7 Å². The van der Waals surface area contributed by atoms with Crippen LogP contribution in [0.25, 0.3) is 20.8 Å². The van der Waals surface area contributed by atoms with Crippen molar-refractivity contribution in [3.8, 4) is 10.6 Å². The third kappa shape index (κ3) is 4.93. The molecule has 178 valence electrons. The van der Waals surface area contributed by atoms with Gasteiger partial charge in [0.1, 0.15) is 22.4 Å². The smallest absolute Gasteiger partial charge is 0.224 e. The van der Waals surface area contributed by atoms with Crippen LogP contribution in [0.3, 0.4) is 0 Å². The molecule has 0 saturated heterocycles. The van der Waals surface area contributed by atoms with Gasteiger partial charge >= 0.3 is 0 Å². The maximum absolute atomic E-state index is 10.6. The van der Waals surface area contributed by atoms with Crippen molar-refractivity contribution in [2.75, 3.05) is 23.8 Å². The zero-order chi connectivity index (χ0) is 23.9. The van der Waals surface area contributed by atoms with Crippen molar-refractivity contribution in [3.05, 3.63) is 23.7 Å². The molecule has 4 atom stereocenters. The van der Waals surface area contributed by atoms with Crippen molar-refractivity contribution in [1.82, 2.24) is 19.9 Å². The van der Waals surface area contributed by atoms with Crippen molar-refractivity contribution in [2.24, 2.45) is 11.3 Å². The largest absolute Gasteiger partial charge is 0.396 e. The molecule has 4 rings (SSSR count). The molecule has 0 spiro atoms. The minimum Gasteiger partial charge on any atom is -0.396 e. The van der Waals surface area contributed by atoms with Crippen LogP contribution < -0.4 is 10.6 Å². The van der Waals surface area contributed by atoms with E-state index in [4.69, 9.17) is 9.97 Å². The number of aromatic nitrogens is 4. The highest BCUT2D eigenvalue weighted by Crippen LogP contribution is 2.38. The van der Waals surface area contributed by atoms with E-state index in [2.05, 4.69) is 41.4 Å². The van der Waals surface area contributed by atoms with Crippen LogP contribution in [-0.4, -0.2) is 66.7 Å². The number of aliphatic hydroxyl groups is 3. The average Bonchev–Trinajstić information content (AvgIpc) is 3.29. The van der Waals surface area contributed by atoms with Gasteiger partial charge in [-0.2, -0.15) is 4.98 Å². The molecule has 0 aliphatic heterocycles. The summed E-state index contributed by atoms with van der Waals surface area (Å²) >= 11 is 1.54. The summed E-state index contributed by atoms with van der Waals surface area (Å²) < 4.78 is 1.02. The number of fused-ring (bicyclic) bond motifs is 1. The molecule has 0 radical (unpaired) electrons. The van der Waals surface area contributed by atoms with Crippen LogP contribution in [0.1, 0.15) is 38.6 Å². The Labute approximate surface area is 197 Å². The number of hydrogen-bond acceptors (Lipinski definition) is 10. The van der Waals surface area contributed by atoms with Crippen LogP contribution in [0.5, 0.6) is 0 Å². The Balaban J connectivity index is 1.76. The van der Waals surface area contributed by atoms with Gasteiger partial charge in [0.25, 0.3) is 0 Å². The number of thiazole rings is 1. The van der Waals surface area contributed by atoms with E-state index in [1.165, 1.54) is 11.3 Å². The maximum atomic E-state index is 10.6. The minimum absolute atomic E-state index is 0.0428. The first kappa shape index (κ1) is 23.7. The SMILES string of the molecule is Cc1nc(NCC(C)(C)C)nc(N[C@@H]2C[C@H](CO)[C@@H](O)[C@H]2O)c1-c1nc2c(C)nccc2s1. The molecular weight excluding hydrogens is 440 g/mol. The van der Waals surface area contributed by atoms with E-state index in [9.17, 15) is 15.3 Å². The first-order valence-corrected chi connectivity index (χ1v) is 12.0. The number of hydrogen-bond donors (Lipinski definition) is 5. The van der Waals surface area contributed by atoms with Crippen LogP contribution in [0.15, 0.2) is 12.3 Å². The Hall–Kier alpha value is -2.40. The lowest BCUT2D eigenvalue weighted by molar-refractivity contribution is 0.00446. The fourth-order valence-electron chi connectivity index (χ4n) is 4.07. The summed E-state index contributed by atoms with van der Waals surface area (Å²) in [5.41, 5.74) is 3.24. The third-order valence-electron chi connectivity index (χ3n) is 5.93. The molecule has 1 aliphatic rings. The summed E-state index contributed by atoms with van der Waals surface area (Å²) in [5.74, 6) is 0.635. The summed E-state index contributed by atoms with van der Waals surface area (Å²) in [6.45, 7) is 10.7. The fraction of sp³-hybridized carbons (Fsp3) is 0.565. The Morgan fingerprint density at radius 2 is 1.85 bits per heavy atom. The van der Waals surface area contributed by atoms with Crippen molar-refractivity contribution < 1.29 is 15.3 Å². The Morgan fingerprint density at radius 3 is 2.48 bits per heavy atom. The molecular formula is C23H32N6O3S. The number of aliphatic hydroxyl groups excluding tert-OH is 3. The van der Waals surface area contributed by atoms with Gasteiger partial charge in [0, 0.05) is 25.3 Å². The van der Waals surface area contributed by atoms with Gasteiger partial charge in [-0.1, -0.05) is 20.8 Å². The van der Waals surface area contributed by atoms with Gasteiger partial charge in [-0.3, -0.25) is 4.98 Å². The van der Waals surface area contributed by atoms with Crippen LogP contribution >= 0.6 is 11.3 Å². The van der Waals surface area contributed by atoms with Crippen molar-refractivity contribution in [1.29, 1.82) is 0 Å². The van der Waals surface area contributed by atoms with Gasteiger partial charge in [0.05, 0.1) is 33.8 Å². The molecule has 5 N–H and O–H groups in total. The third-order valence-corrected chi connectivity index (χ3v) is 6.97. The summed E-state index contributed by atoms with van der Waals surface area (Å²) in [4.78, 5) is 18.6. The first-order valence-electron chi connectivity index (χ1n) is 11.2. The van der Waals surface area contributed by atoms with Gasteiger partial charge in [-0.05, 0) is 31.7 Å². The second-order valence-electron chi connectivity index (χ2n) is 9.94. The lowest BCUT2D eigenvalue weighted by Gasteiger charge is -2.22. The van der Waals surface area contributed by atoms with Gasteiger partial charge < -0.3 is 26.0 Å². The molecule has 1 aliphatic carbocycles. The lowest BCUT2D eigenvalue weighted by Crippen LogP contribution is -2.36. The van der Waals surface area contributed by atoms with E-state index >= 15 is 0 Å². The van der Waals surface area contributed by atoms with Gasteiger partial charge in [0.15, 0.2) is 0 Å². The molecule has 9 nitrogen and oxygen atoms in total. The predicted molar refractivity (Wildman–Crippen MR) is 130 cm³/mol. The number of anilines is 2. The average molecular weight is 473 g/mol. The zero-order valence-corrected chi connectivity index (χ0v) is 20.4. The predicted octanol–water partition coefficient (Wildman–Crippen LogP) is 2.74. The normalized spacial score (nSPS) is 23.3. The topological polar surface area (TPSA) is 136 Å². The Morgan fingerprint density at radius 1 is 1.09 bits per heavy atom. The van der Waals surface area contributed by atoms with E-state index in [0.717, 1.165) is 32.2 Å². The molecule has 3 aromatic rings. The molecule has 3 aromatic heterocycles. The Kier molecular flexibility index (Phi) is 6.54. The first-order chi connectivity index (χ1) is 15.6. The fourth-order valence-corrected chi connectivity index (χ4v) is 5.18. The van der Waals surface area contributed by atoms with Crippen molar-refractivity contribution in [2.45, 2.75) is 59.3 Å². The van der Waals surface area contributed by atoms with E-state index < -0.39 is 24.2 Å². The Bertz CT molecular complexity index is 1150. The lowest BCUT2D eigenvalue weighted by atomic mass is 9.97. The number of pyridine rings is 1. The highest BCUT2D eigenvalue weighted by atomic mass is 32.1. The van der Waals surface area contributed by atoms with Crippen LogP contribution in [-0.2, 0) is 0 Å². The summed E-state index contributed by atoms with van der Waals surface area (Å²) in [6, 6.07) is 1.48. The molecule has 0 aromatic carbocycles. The molecule has 3 heterocycles. The van der Waals surface area contributed by atoms with Crippen LogP contribution in [0, 0.1) is 25.2 Å². The molecule has 0 amide bonds.